The molecule has 0 spiro atoms. The summed E-state index contributed by atoms with van der Waals surface area (Å²) in [6.07, 6.45) is 0. The van der Waals surface area contributed by atoms with Crippen molar-refractivity contribution in [3.8, 4) is 0 Å². The number of para-hydroxylation sites is 1. The monoisotopic (exact) mass is 330 g/mol. The van der Waals surface area contributed by atoms with Crippen molar-refractivity contribution in [1.29, 1.82) is 0 Å². The zero-order chi connectivity index (χ0) is 15.1. The van der Waals surface area contributed by atoms with Gasteiger partial charge in [-0.05, 0) is 12.1 Å². The molecule has 0 fully saturated rings. The Morgan fingerprint density at radius 2 is 2.18 bits per heavy atom. The number of hydrogen-bond acceptors (Lipinski definition) is 7. The van der Waals surface area contributed by atoms with Crippen LogP contribution in [0.15, 0.2) is 49.8 Å². The van der Waals surface area contributed by atoms with Gasteiger partial charge in [0.25, 0.3) is 0 Å². The van der Waals surface area contributed by atoms with Gasteiger partial charge in [0, 0.05) is 11.1 Å². The number of thiol groups is 1. The maximum absolute atomic E-state index is 12.2. The molecule has 1 aromatic carbocycles. The molecule has 0 aliphatic carbocycles. The van der Waals surface area contributed by atoms with Crippen LogP contribution in [0.25, 0.3) is 11.0 Å². The molecule has 1 aliphatic heterocycles. The lowest BCUT2D eigenvalue weighted by atomic mass is 10.1. The average molecular weight is 330 g/mol. The second kappa shape index (κ2) is 5.29. The lowest BCUT2D eigenvalue weighted by Gasteiger charge is -2.12. The summed E-state index contributed by atoms with van der Waals surface area (Å²) in [5.41, 5.74) is 1.30. The van der Waals surface area contributed by atoms with Crippen LogP contribution in [0.3, 0.4) is 0 Å². The minimum absolute atomic E-state index is 0.387. The van der Waals surface area contributed by atoms with Gasteiger partial charge in [-0.3, -0.25) is 0 Å². The minimum Gasteiger partial charge on any atom is -0.422 e. The van der Waals surface area contributed by atoms with Crippen molar-refractivity contribution in [2.75, 3.05) is 5.75 Å². The smallest absolute Gasteiger partial charge is 0.345 e. The van der Waals surface area contributed by atoms with Crippen molar-refractivity contribution in [3.63, 3.8) is 0 Å². The third kappa shape index (κ3) is 2.15. The van der Waals surface area contributed by atoms with Crippen molar-refractivity contribution in [3.05, 3.63) is 52.1 Å². The fourth-order valence-corrected chi connectivity index (χ4v) is 3.31. The molecular weight excluding hydrogens is 320 g/mol. The molecule has 110 valence electrons. The van der Waals surface area contributed by atoms with E-state index in [2.05, 4.69) is 27.9 Å². The van der Waals surface area contributed by atoms with E-state index in [1.165, 1.54) is 11.8 Å². The second-order valence-corrected chi connectivity index (χ2v) is 5.95. The number of hydrogen-bond donors (Lipinski definition) is 1. The van der Waals surface area contributed by atoms with Gasteiger partial charge in [0.2, 0.25) is 5.16 Å². The molecule has 2 aromatic heterocycles. The summed E-state index contributed by atoms with van der Waals surface area (Å²) in [5, 5.41) is 14.1. The highest BCUT2D eigenvalue weighted by Gasteiger charge is 2.21. The fourth-order valence-electron chi connectivity index (χ4n) is 2.26. The van der Waals surface area contributed by atoms with E-state index in [0.717, 1.165) is 5.39 Å². The van der Waals surface area contributed by atoms with Crippen molar-refractivity contribution in [2.24, 2.45) is 5.10 Å². The highest BCUT2D eigenvalue weighted by atomic mass is 32.2. The summed E-state index contributed by atoms with van der Waals surface area (Å²) in [4.78, 5) is 12.2. The minimum atomic E-state index is -0.387. The summed E-state index contributed by atoms with van der Waals surface area (Å²) < 4.78 is 7.00. The molecule has 1 aliphatic rings. The molecule has 3 aromatic rings. The van der Waals surface area contributed by atoms with E-state index in [4.69, 9.17) is 4.42 Å². The molecule has 8 heteroatoms. The van der Waals surface area contributed by atoms with E-state index in [0.29, 0.717) is 39.3 Å². The Kier molecular flexibility index (Phi) is 3.27. The molecule has 0 amide bonds. The predicted octanol–water partition coefficient (Wildman–Crippen LogP) is 2.17. The molecule has 6 nitrogen and oxygen atoms in total. The van der Waals surface area contributed by atoms with Crippen LogP contribution < -0.4 is 5.63 Å². The normalized spacial score (nSPS) is 14.0. The number of benzene rings is 1. The Morgan fingerprint density at radius 3 is 3.05 bits per heavy atom. The maximum Gasteiger partial charge on any atom is 0.345 e. The van der Waals surface area contributed by atoms with Crippen LogP contribution >= 0.6 is 24.4 Å². The molecule has 22 heavy (non-hydrogen) atoms. The van der Waals surface area contributed by atoms with E-state index >= 15 is 0 Å². The van der Waals surface area contributed by atoms with Crippen LogP contribution in [0, 0.1) is 0 Å². The van der Waals surface area contributed by atoms with Crippen molar-refractivity contribution in [1.82, 2.24) is 14.9 Å². The summed E-state index contributed by atoms with van der Waals surface area (Å²) in [5.74, 6) is 1.62. The van der Waals surface area contributed by atoms with Crippen molar-refractivity contribution < 1.29 is 4.42 Å². The lowest BCUT2D eigenvalue weighted by molar-refractivity contribution is 0.559. The molecule has 0 saturated carbocycles. The number of rotatable bonds is 2. The van der Waals surface area contributed by atoms with Gasteiger partial charge < -0.3 is 4.42 Å². The Balaban J connectivity index is 1.89. The van der Waals surface area contributed by atoms with Crippen LogP contribution in [0.2, 0.25) is 0 Å². The quantitative estimate of drug-likeness (QED) is 0.576. The Bertz CT molecular complexity index is 961. The van der Waals surface area contributed by atoms with Gasteiger partial charge in [0.15, 0.2) is 5.82 Å². The van der Waals surface area contributed by atoms with Gasteiger partial charge in [-0.2, -0.15) is 22.4 Å². The predicted molar refractivity (Wildman–Crippen MR) is 87.9 cm³/mol. The Labute approximate surface area is 134 Å². The fraction of sp³-hybridized carbons (Fsp3) is 0.143. The SMILES string of the molecule is O=c1oc2ccccc2cc1C1=Nn2c(CS)nnc2SC1. The van der Waals surface area contributed by atoms with E-state index in [9.17, 15) is 4.79 Å². The second-order valence-electron chi connectivity index (χ2n) is 4.69. The Hall–Kier alpha value is -2.06. The Morgan fingerprint density at radius 1 is 1.32 bits per heavy atom. The van der Waals surface area contributed by atoms with Gasteiger partial charge in [-0.15, -0.1) is 10.2 Å². The first kappa shape index (κ1) is 13.6. The summed E-state index contributed by atoms with van der Waals surface area (Å²) in [6, 6.07) is 9.23. The third-order valence-corrected chi connectivity index (χ3v) is 4.54. The van der Waals surface area contributed by atoms with Gasteiger partial charge >= 0.3 is 5.63 Å². The number of fused-ring (bicyclic) bond motifs is 2. The number of aromatic nitrogens is 3. The molecular formula is C14H10N4O2S2. The number of thioether (sulfide) groups is 1. The maximum atomic E-state index is 12.2. The van der Waals surface area contributed by atoms with E-state index in [1.807, 2.05) is 24.3 Å². The van der Waals surface area contributed by atoms with Crippen LogP contribution in [0.4, 0.5) is 0 Å². The van der Waals surface area contributed by atoms with E-state index in [1.54, 1.807) is 10.7 Å². The van der Waals surface area contributed by atoms with E-state index in [-0.39, 0.29) is 5.63 Å². The van der Waals surface area contributed by atoms with Gasteiger partial charge in [0.05, 0.1) is 17.0 Å². The number of nitrogens with zero attached hydrogens (tertiary/aromatic N) is 4. The molecule has 0 unspecified atom stereocenters. The highest BCUT2D eigenvalue weighted by molar-refractivity contribution is 7.99. The summed E-state index contributed by atoms with van der Waals surface area (Å²) >= 11 is 5.70. The molecule has 4 rings (SSSR count). The summed E-state index contributed by atoms with van der Waals surface area (Å²) in [7, 11) is 0. The third-order valence-electron chi connectivity index (χ3n) is 3.33. The zero-order valence-electron chi connectivity index (χ0n) is 11.3. The first-order chi connectivity index (χ1) is 10.8. The van der Waals surface area contributed by atoms with Gasteiger partial charge in [-0.25, -0.2) is 4.79 Å². The van der Waals surface area contributed by atoms with E-state index < -0.39 is 0 Å². The van der Waals surface area contributed by atoms with Crippen molar-refractivity contribution in [2.45, 2.75) is 10.9 Å². The molecule has 0 N–H and O–H groups in total. The van der Waals surface area contributed by atoms with Crippen molar-refractivity contribution >= 4 is 41.1 Å². The van der Waals surface area contributed by atoms with Crippen LogP contribution in [-0.4, -0.2) is 26.3 Å². The largest absolute Gasteiger partial charge is 0.422 e. The first-order valence-electron chi connectivity index (χ1n) is 6.55. The van der Waals surface area contributed by atoms with Crippen LogP contribution in [0.1, 0.15) is 11.4 Å². The molecule has 3 heterocycles. The zero-order valence-corrected chi connectivity index (χ0v) is 13.0. The van der Waals surface area contributed by atoms with Crippen LogP contribution in [-0.2, 0) is 5.75 Å². The topological polar surface area (TPSA) is 73.3 Å². The summed E-state index contributed by atoms with van der Waals surface area (Å²) in [6.45, 7) is 0. The highest BCUT2D eigenvalue weighted by Crippen LogP contribution is 2.24. The van der Waals surface area contributed by atoms with Crippen LogP contribution in [0.5, 0.6) is 0 Å². The average Bonchev–Trinajstić information content (AvgIpc) is 2.96. The molecule has 0 atom stereocenters. The molecule has 0 radical (unpaired) electrons. The standard InChI is InChI=1S/C14H10N4O2S2/c19-13-9(5-8-3-1-2-4-11(8)20-13)10-7-22-14-16-15-12(6-21)18(14)17-10/h1-5,21H,6-7H2. The molecule has 0 saturated heterocycles. The van der Waals surface area contributed by atoms with Gasteiger partial charge in [-0.1, -0.05) is 30.0 Å². The lowest BCUT2D eigenvalue weighted by Crippen LogP contribution is -2.21. The molecule has 0 bridgehead atoms. The first-order valence-corrected chi connectivity index (χ1v) is 8.17. The van der Waals surface area contributed by atoms with Gasteiger partial charge in [0.1, 0.15) is 5.58 Å².